The fourth-order valence-electron chi connectivity index (χ4n) is 1.05. The summed E-state index contributed by atoms with van der Waals surface area (Å²) in [5, 5.41) is 9.60. The minimum absolute atomic E-state index is 0.0171. The van der Waals surface area contributed by atoms with Gasteiger partial charge in [-0.05, 0) is 18.6 Å². The molecule has 0 unspecified atom stereocenters. The zero-order valence-electron chi connectivity index (χ0n) is 7.60. The highest BCUT2D eigenvalue weighted by Gasteiger charge is 2.08. The molecular weight excluding hydrogens is 188 g/mol. The monoisotopic (exact) mass is 198 g/mol. The molecule has 0 aliphatic heterocycles. The molecule has 0 atom stereocenters. The zero-order valence-corrected chi connectivity index (χ0v) is 8.35. The van der Waals surface area contributed by atoms with Crippen LogP contribution in [0.4, 0.5) is 0 Å². The van der Waals surface area contributed by atoms with E-state index in [9.17, 15) is 5.11 Å². The van der Waals surface area contributed by atoms with Crippen LogP contribution in [0.25, 0.3) is 5.57 Å². The number of halogens is 1. The Labute approximate surface area is 82.4 Å². The lowest BCUT2D eigenvalue weighted by molar-refractivity contribution is 0.406. The number of phenolic OH excluding ortho intramolecular Hbond substituents is 1. The lowest BCUT2D eigenvalue weighted by Crippen LogP contribution is -1.89. The average molecular weight is 199 g/mol. The first kappa shape index (κ1) is 9.93. The maximum absolute atomic E-state index is 9.30. The predicted octanol–water partition coefficient (Wildman–Crippen LogP) is 3.09. The molecule has 1 aromatic carbocycles. The first-order valence-electron chi connectivity index (χ1n) is 3.78. The van der Waals surface area contributed by atoms with Crippen molar-refractivity contribution in [2.75, 3.05) is 7.11 Å². The van der Waals surface area contributed by atoms with Crippen LogP contribution in [0.15, 0.2) is 18.7 Å². The minimum atomic E-state index is 0.0171. The maximum atomic E-state index is 9.30. The van der Waals surface area contributed by atoms with E-state index in [2.05, 4.69) is 6.58 Å². The van der Waals surface area contributed by atoms with Crippen molar-refractivity contribution in [2.45, 2.75) is 6.92 Å². The molecular formula is C10H11ClO2. The van der Waals surface area contributed by atoms with E-state index in [-0.39, 0.29) is 5.75 Å². The van der Waals surface area contributed by atoms with Crippen molar-refractivity contribution in [3.05, 3.63) is 29.3 Å². The Balaban J connectivity index is 3.33. The standard InChI is InChI=1S/C10H11ClO2/c1-6(2)7-4-8(11)9(12)5-10(7)13-3/h4-5,12H,1H2,2-3H3. The third kappa shape index (κ3) is 1.95. The van der Waals surface area contributed by atoms with Crippen LogP contribution in [0.5, 0.6) is 11.5 Å². The van der Waals surface area contributed by atoms with E-state index < -0.39 is 0 Å². The summed E-state index contributed by atoms with van der Waals surface area (Å²) in [5.74, 6) is 0.595. The Kier molecular flexibility index (Phi) is 2.83. The smallest absolute Gasteiger partial charge is 0.137 e. The summed E-state index contributed by atoms with van der Waals surface area (Å²) in [5.41, 5.74) is 1.66. The van der Waals surface area contributed by atoms with Crippen LogP contribution in [-0.2, 0) is 0 Å². The molecule has 0 aromatic heterocycles. The molecule has 0 aliphatic rings. The van der Waals surface area contributed by atoms with Crippen LogP contribution in [0.2, 0.25) is 5.02 Å². The molecule has 0 saturated carbocycles. The molecule has 0 heterocycles. The van der Waals surface area contributed by atoms with E-state index in [1.807, 2.05) is 6.92 Å². The minimum Gasteiger partial charge on any atom is -0.506 e. The normalized spacial score (nSPS) is 9.77. The van der Waals surface area contributed by atoms with Crippen molar-refractivity contribution in [1.82, 2.24) is 0 Å². The van der Waals surface area contributed by atoms with Gasteiger partial charge in [-0.15, -0.1) is 0 Å². The average Bonchev–Trinajstić information content (AvgIpc) is 2.08. The van der Waals surface area contributed by atoms with Crippen molar-refractivity contribution in [3.8, 4) is 11.5 Å². The molecule has 1 rings (SSSR count). The van der Waals surface area contributed by atoms with Crippen LogP contribution in [0.3, 0.4) is 0 Å². The third-order valence-electron chi connectivity index (χ3n) is 1.73. The van der Waals surface area contributed by atoms with Crippen molar-refractivity contribution in [1.29, 1.82) is 0 Å². The largest absolute Gasteiger partial charge is 0.506 e. The second-order valence-corrected chi connectivity index (χ2v) is 3.19. The zero-order chi connectivity index (χ0) is 10.0. The second kappa shape index (κ2) is 3.71. The summed E-state index contributed by atoms with van der Waals surface area (Å²) in [6.07, 6.45) is 0. The van der Waals surface area contributed by atoms with Crippen LogP contribution >= 0.6 is 11.6 Å². The molecule has 2 nitrogen and oxygen atoms in total. The highest BCUT2D eigenvalue weighted by atomic mass is 35.5. The first-order chi connectivity index (χ1) is 6.06. The van der Waals surface area contributed by atoms with Gasteiger partial charge in [0.1, 0.15) is 11.5 Å². The van der Waals surface area contributed by atoms with Gasteiger partial charge in [0.15, 0.2) is 0 Å². The number of ether oxygens (including phenoxy) is 1. The van der Waals surface area contributed by atoms with Crippen molar-refractivity contribution < 1.29 is 9.84 Å². The number of phenols is 1. The summed E-state index contributed by atoms with van der Waals surface area (Å²) < 4.78 is 5.06. The number of rotatable bonds is 2. The molecule has 0 bridgehead atoms. The lowest BCUT2D eigenvalue weighted by Gasteiger charge is -2.09. The van der Waals surface area contributed by atoms with Gasteiger partial charge in [0, 0.05) is 11.6 Å². The van der Waals surface area contributed by atoms with Gasteiger partial charge in [-0.25, -0.2) is 0 Å². The summed E-state index contributed by atoms with van der Waals surface area (Å²) in [6.45, 7) is 5.64. The van der Waals surface area contributed by atoms with Crippen LogP contribution < -0.4 is 4.74 Å². The molecule has 0 radical (unpaired) electrons. The number of allylic oxidation sites excluding steroid dienone is 1. The van der Waals surface area contributed by atoms with E-state index in [0.29, 0.717) is 10.8 Å². The van der Waals surface area contributed by atoms with Gasteiger partial charge in [0.25, 0.3) is 0 Å². The van der Waals surface area contributed by atoms with E-state index in [1.165, 1.54) is 13.2 Å². The molecule has 70 valence electrons. The number of aromatic hydroxyl groups is 1. The molecule has 0 aliphatic carbocycles. The fraction of sp³-hybridized carbons (Fsp3) is 0.200. The van der Waals surface area contributed by atoms with Gasteiger partial charge in [0.05, 0.1) is 12.1 Å². The number of benzene rings is 1. The molecule has 0 fully saturated rings. The van der Waals surface area contributed by atoms with E-state index in [1.54, 1.807) is 6.07 Å². The number of hydrogen-bond acceptors (Lipinski definition) is 2. The molecule has 1 aromatic rings. The Morgan fingerprint density at radius 2 is 2.15 bits per heavy atom. The van der Waals surface area contributed by atoms with Crippen molar-refractivity contribution in [3.63, 3.8) is 0 Å². The van der Waals surface area contributed by atoms with Crippen LogP contribution in [-0.4, -0.2) is 12.2 Å². The Bertz CT molecular complexity index is 345. The molecule has 0 saturated heterocycles. The van der Waals surface area contributed by atoms with E-state index in [4.69, 9.17) is 16.3 Å². The third-order valence-corrected chi connectivity index (χ3v) is 2.03. The highest BCUT2D eigenvalue weighted by Crippen LogP contribution is 2.34. The van der Waals surface area contributed by atoms with Crippen LogP contribution in [0, 0.1) is 0 Å². The summed E-state index contributed by atoms with van der Waals surface area (Å²) in [4.78, 5) is 0. The lowest BCUT2D eigenvalue weighted by atomic mass is 10.1. The van der Waals surface area contributed by atoms with Crippen LogP contribution in [0.1, 0.15) is 12.5 Å². The summed E-state index contributed by atoms with van der Waals surface area (Å²) in [6, 6.07) is 3.12. The topological polar surface area (TPSA) is 29.5 Å². The van der Waals surface area contributed by atoms with Gasteiger partial charge in [-0.3, -0.25) is 0 Å². The molecule has 1 N–H and O–H groups in total. The summed E-state index contributed by atoms with van der Waals surface area (Å²) >= 11 is 5.74. The SMILES string of the molecule is C=C(C)c1cc(Cl)c(O)cc1OC. The molecule has 0 amide bonds. The van der Waals surface area contributed by atoms with E-state index >= 15 is 0 Å². The second-order valence-electron chi connectivity index (χ2n) is 2.78. The molecule has 0 spiro atoms. The maximum Gasteiger partial charge on any atom is 0.137 e. The number of hydrogen-bond donors (Lipinski definition) is 1. The Morgan fingerprint density at radius 1 is 1.54 bits per heavy atom. The Hall–Kier alpha value is -1.15. The summed E-state index contributed by atoms with van der Waals surface area (Å²) in [7, 11) is 1.54. The first-order valence-corrected chi connectivity index (χ1v) is 4.16. The van der Waals surface area contributed by atoms with E-state index in [0.717, 1.165) is 11.1 Å². The number of methoxy groups -OCH3 is 1. The van der Waals surface area contributed by atoms with Gasteiger partial charge in [-0.2, -0.15) is 0 Å². The predicted molar refractivity (Wildman–Crippen MR) is 54.4 cm³/mol. The fourth-order valence-corrected chi connectivity index (χ4v) is 1.21. The van der Waals surface area contributed by atoms with Crippen molar-refractivity contribution in [2.24, 2.45) is 0 Å². The van der Waals surface area contributed by atoms with Gasteiger partial charge in [0.2, 0.25) is 0 Å². The van der Waals surface area contributed by atoms with Gasteiger partial charge < -0.3 is 9.84 Å². The van der Waals surface area contributed by atoms with Crippen molar-refractivity contribution >= 4 is 17.2 Å². The highest BCUT2D eigenvalue weighted by molar-refractivity contribution is 6.32. The van der Waals surface area contributed by atoms with Gasteiger partial charge >= 0.3 is 0 Å². The quantitative estimate of drug-likeness (QED) is 0.792. The van der Waals surface area contributed by atoms with Gasteiger partial charge in [-0.1, -0.05) is 18.2 Å². The molecule has 3 heteroatoms. The Morgan fingerprint density at radius 3 is 2.62 bits per heavy atom. The molecule has 13 heavy (non-hydrogen) atoms.